The Labute approximate surface area is 135 Å². The predicted molar refractivity (Wildman–Crippen MR) is 85.8 cm³/mol. The van der Waals surface area contributed by atoms with Crippen LogP contribution < -0.4 is 19.5 Å². The topological polar surface area (TPSA) is 39.7 Å². The normalized spacial score (nSPS) is 13.0. The SMILES string of the molecule is COc1cc(CNCCc2ccccc2F)cc2c1OCCO2. The summed E-state index contributed by atoms with van der Waals surface area (Å²) >= 11 is 0. The fourth-order valence-corrected chi connectivity index (χ4v) is 2.59. The summed E-state index contributed by atoms with van der Waals surface area (Å²) in [7, 11) is 1.61. The highest BCUT2D eigenvalue weighted by atomic mass is 19.1. The number of hydrogen-bond acceptors (Lipinski definition) is 4. The van der Waals surface area contributed by atoms with Crippen LogP contribution in [0.3, 0.4) is 0 Å². The second-order valence-electron chi connectivity index (χ2n) is 5.34. The van der Waals surface area contributed by atoms with Crippen LogP contribution in [0.2, 0.25) is 0 Å². The van der Waals surface area contributed by atoms with Gasteiger partial charge >= 0.3 is 0 Å². The maximum Gasteiger partial charge on any atom is 0.203 e. The van der Waals surface area contributed by atoms with Gasteiger partial charge in [-0.15, -0.1) is 0 Å². The summed E-state index contributed by atoms with van der Waals surface area (Å²) in [4.78, 5) is 0. The highest BCUT2D eigenvalue weighted by Gasteiger charge is 2.18. The van der Waals surface area contributed by atoms with E-state index in [2.05, 4.69) is 5.32 Å². The van der Waals surface area contributed by atoms with Crippen molar-refractivity contribution in [3.63, 3.8) is 0 Å². The van der Waals surface area contributed by atoms with E-state index in [-0.39, 0.29) is 5.82 Å². The van der Waals surface area contributed by atoms with Gasteiger partial charge in [-0.05, 0) is 42.3 Å². The summed E-state index contributed by atoms with van der Waals surface area (Å²) in [6.45, 7) is 2.42. The monoisotopic (exact) mass is 317 g/mol. The molecule has 0 saturated heterocycles. The number of fused-ring (bicyclic) bond motifs is 1. The zero-order chi connectivity index (χ0) is 16.1. The molecule has 23 heavy (non-hydrogen) atoms. The largest absolute Gasteiger partial charge is 0.493 e. The molecule has 1 heterocycles. The summed E-state index contributed by atoms with van der Waals surface area (Å²) in [6.07, 6.45) is 0.647. The Morgan fingerprint density at radius 2 is 2.00 bits per heavy atom. The molecule has 0 atom stereocenters. The van der Waals surface area contributed by atoms with Gasteiger partial charge in [0.15, 0.2) is 11.5 Å². The van der Waals surface area contributed by atoms with Crippen LogP contribution in [0, 0.1) is 5.82 Å². The molecule has 0 aromatic heterocycles. The molecule has 0 spiro atoms. The Balaban J connectivity index is 1.59. The van der Waals surface area contributed by atoms with Crippen LogP contribution in [0.1, 0.15) is 11.1 Å². The third-order valence-electron chi connectivity index (χ3n) is 3.75. The lowest BCUT2D eigenvalue weighted by Crippen LogP contribution is -2.19. The third kappa shape index (κ3) is 3.74. The Morgan fingerprint density at radius 1 is 1.17 bits per heavy atom. The van der Waals surface area contributed by atoms with Crippen molar-refractivity contribution in [2.45, 2.75) is 13.0 Å². The van der Waals surface area contributed by atoms with Crippen LogP contribution in [0.15, 0.2) is 36.4 Å². The average molecular weight is 317 g/mol. The van der Waals surface area contributed by atoms with Gasteiger partial charge in [0.1, 0.15) is 19.0 Å². The van der Waals surface area contributed by atoms with Gasteiger partial charge in [0.05, 0.1) is 7.11 Å². The lowest BCUT2D eigenvalue weighted by Gasteiger charge is -2.21. The molecule has 0 amide bonds. The van der Waals surface area contributed by atoms with E-state index >= 15 is 0 Å². The van der Waals surface area contributed by atoms with E-state index in [9.17, 15) is 4.39 Å². The van der Waals surface area contributed by atoms with Crippen LogP contribution in [-0.4, -0.2) is 26.9 Å². The summed E-state index contributed by atoms with van der Waals surface area (Å²) in [5, 5.41) is 3.32. The first kappa shape index (κ1) is 15.6. The number of nitrogens with one attached hydrogen (secondary N) is 1. The first-order valence-corrected chi connectivity index (χ1v) is 7.68. The molecule has 5 heteroatoms. The van der Waals surface area contributed by atoms with Crippen molar-refractivity contribution in [3.8, 4) is 17.2 Å². The van der Waals surface area contributed by atoms with E-state index < -0.39 is 0 Å². The minimum atomic E-state index is -0.157. The molecule has 1 N–H and O–H groups in total. The Hall–Kier alpha value is -2.27. The van der Waals surface area contributed by atoms with Crippen LogP contribution in [0.25, 0.3) is 0 Å². The fourth-order valence-electron chi connectivity index (χ4n) is 2.59. The van der Waals surface area contributed by atoms with Crippen molar-refractivity contribution >= 4 is 0 Å². The second-order valence-corrected chi connectivity index (χ2v) is 5.34. The van der Waals surface area contributed by atoms with Crippen molar-refractivity contribution in [1.29, 1.82) is 0 Å². The van der Waals surface area contributed by atoms with Gasteiger partial charge in [-0.2, -0.15) is 0 Å². The lowest BCUT2D eigenvalue weighted by molar-refractivity contribution is 0.165. The minimum absolute atomic E-state index is 0.157. The van der Waals surface area contributed by atoms with E-state index in [1.165, 1.54) is 6.07 Å². The van der Waals surface area contributed by atoms with E-state index in [0.29, 0.717) is 50.0 Å². The van der Waals surface area contributed by atoms with Crippen molar-refractivity contribution in [2.24, 2.45) is 0 Å². The van der Waals surface area contributed by atoms with Gasteiger partial charge < -0.3 is 19.5 Å². The molecule has 4 nitrogen and oxygen atoms in total. The first-order valence-electron chi connectivity index (χ1n) is 7.68. The number of ether oxygens (including phenoxy) is 3. The number of rotatable bonds is 6. The molecular formula is C18H20FNO3. The van der Waals surface area contributed by atoms with Gasteiger partial charge in [0, 0.05) is 6.54 Å². The standard InChI is InChI=1S/C18H20FNO3/c1-21-16-10-13(11-17-18(16)23-9-8-22-17)12-20-7-6-14-4-2-3-5-15(14)19/h2-5,10-11,20H,6-9,12H2,1H3. The smallest absolute Gasteiger partial charge is 0.203 e. The molecule has 3 rings (SSSR count). The molecule has 0 radical (unpaired) electrons. The molecule has 0 fully saturated rings. The molecule has 2 aromatic carbocycles. The molecule has 2 aromatic rings. The Kier molecular flexibility index (Phi) is 4.98. The zero-order valence-electron chi connectivity index (χ0n) is 13.1. The van der Waals surface area contributed by atoms with Gasteiger partial charge in [-0.25, -0.2) is 4.39 Å². The molecule has 0 unspecified atom stereocenters. The van der Waals surface area contributed by atoms with E-state index in [0.717, 1.165) is 11.1 Å². The molecule has 1 aliphatic heterocycles. The quantitative estimate of drug-likeness (QED) is 0.832. The number of benzene rings is 2. The maximum atomic E-state index is 13.6. The number of halogens is 1. The number of methoxy groups -OCH3 is 1. The summed E-state index contributed by atoms with van der Waals surface area (Å²) in [5.41, 5.74) is 1.76. The van der Waals surface area contributed by atoms with Crippen LogP contribution in [0.5, 0.6) is 17.2 Å². The van der Waals surface area contributed by atoms with Gasteiger partial charge in [-0.1, -0.05) is 18.2 Å². The first-order chi connectivity index (χ1) is 11.3. The third-order valence-corrected chi connectivity index (χ3v) is 3.75. The second kappa shape index (κ2) is 7.33. The highest BCUT2D eigenvalue weighted by molar-refractivity contribution is 5.54. The van der Waals surface area contributed by atoms with Gasteiger partial charge in [-0.3, -0.25) is 0 Å². The summed E-state index contributed by atoms with van der Waals surface area (Å²) < 4.78 is 30.1. The summed E-state index contributed by atoms with van der Waals surface area (Å²) in [5.74, 6) is 1.89. The van der Waals surface area contributed by atoms with Crippen molar-refractivity contribution < 1.29 is 18.6 Å². The average Bonchev–Trinajstić information content (AvgIpc) is 2.59. The van der Waals surface area contributed by atoms with Gasteiger partial charge in [0.25, 0.3) is 0 Å². The van der Waals surface area contributed by atoms with E-state index in [1.807, 2.05) is 24.3 Å². The molecule has 0 bridgehead atoms. The lowest BCUT2D eigenvalue weighted by atomic mass is 10.1. The molecular weight excluding hydrogens is 297 g/mol. The highest BCUT2D eigenvalue weighted by Crippen LogP contribution is 2.40. The Bertz CT molecular complexity index is 658. The Morgan fingerprint density at radius 3 is 2.83 bits per heavy atom. The maximum absolute atomic E-state index is 13.6. The van der Waals surface area contributed by atoms with Crippen molar-refractivity contribution in [3.05, 3.63) is 53.3 Å². The van der Waals surface area contributed by atoms with E-state index in [1.54, 1.807) is 13.2 Å². The fraction of sp³-hybridized carbons (Fsp3) is 0.333. The van der Waals surface area contributed by atoms with Gasteiger partial charge in [0.2, 0.25) is 5.75 Å². The molecule has 122 valence electrons. The zero-order valence-corrected chi connectivity index (χ0v) is 13.1. The van der Waals surface area contributed by atoms with E-state index in [4.69, 9.17) is 14.2 Å². The predicted octanol–water partition coefficient (Wildman–Crippen LogP) is 2.94. The van der Waals surface area contributed by atoms with Crippen LogP contribution in [-0.2, 0) is 13.0 Å². The minimum Gasteiger partial charge on any atom is -0.493 e. The molecule has 1 aliphatic rings. The molecule has 0 saturated carbocycles. The van der Waals surface area contributed by atoms with Crippen molar-refractivity contribution in [1.82, 2.24) is 5.32 Å². The molecule has 0 aliphatic carbocycles. The van der Waals surface area contributed by atoms with Crippen LogP contribution in [0.4, 0.5) is 4.39 Å². The summed E-state index contributed by atoms with van der Waals surface area (Å²) in [6, 6.07) is 10.7. The van der Waals surface area contributed by atoms with Crippen molar-refractivity contribution in [2.75, 3.05) is 26.9 Å². The number of hydrogen-bond donors (Lipinski definition) is 1. The van der Waals surface area contributed by atoms with Crippen LogP contribution >= 0.6 is 0 Å².